The van der Waals surface area contributed by atoms with Crippen molar-refractivity contribution in [2.45, 2.75) is 32.1 Å². The minimum absolute atomic E-state index is 0.0333. The minimum atomic E-state index is -0.666. The van der Waals surface area contributed by atoms with Gasteiger partial charge in [0.05, 0.1) is 5.92 Å². The normalized spacial score (nSPS) is 21.5. The van der Waals surface area contributed by atoms with Crippen LogP contribution in [0.2, 0.25) is 5.02 Å². The second-order valence-corrected chi connectivity index (χ2v) is 7.83. The molecule has 1 N–H and O–H groups in total. The van der Waals surface area contributed by atoms with Gasteiger partial charge in [-0.3, -0.25) is 14.6 Å². The molecule has 1 amide bonds. The molecule has 2 atom stereocenters. The second kappa shape index (κ2) is 7.91. The van der Waals surface area contributed by atoms with Gasteiger partial charge >= 0.3 is 0 Å². The number of Topliss-reactive ketones (excluding diaryl/α,β-unsaturated/α-hetero) is 1. The first-order valence-electron chi connectivity index (χ1n) is 9.57. The van der Waals surface area contributed by atoms with Gasteiger partial charge in [0.2, 0.25) is 5.91 Å². The topological polar surface area (TPSA) is 58.5 Å². The lowest BCUT2D eigenvalue weighted by molar-refractivity contribution is -0.119. The third-order valence-corrected chi connectivity index (χ3v) is 5.69. The van der Waals surface area contributed by atoms with E-state index in [0.717, 1.165) is 24.1 Å². The fourth-order valence-electron chi connectivity index (χ4n) is 4.16. The van der Waals surface area contributed by atoms with E-state index in [1.54, 1.807) is 18.2 Å². The Bertz CT molecular complexity index is 1040. The number of benzene rings is 2. The van der Waals surface area contributed by atoms with Crippen molar-refractivity contribution in [1.82, 2.24) is 0 Å². The second-order valence-electron chi connectivity index (χ2n) is 7.40. The van der Waals surface area contributed by atoms with Crippen LogP contribution in [0.25, 0.3) is 0 Å². The predicted octanol–water partition coefficient (Wildman–Crippen LogP) is 5.30. The van der Waals surface area contributed by atoms with Crippen LogP contribution in [-0.4, -0.2) is 17.4 Å². The van der Waals surface area contributed by atoms with Crippen molar-refractivity contribution >= 4 is 34.7 Å². The summed E-state index contributed by atoms with van der Waals surface area (Å²) in [4.78, 5) is 30.7. The maximum absolute atomic E-state index is 13.5. The number of allylic oxidation sites excluding steroid dienone is 2. The van der Waals surface area contributed by atoms with Crippen molar-refractivity contribution in [2.24, 2.45) is 10.9 Å². The van der Waals surface area contributed by atoms with E-state index in [2.05, 4.69) is 10.3 Å². The Morgan fingerprint density at radius 2 is 1.93 bits per heavy atom. The molecule has 0 saturated carbocycles. The Labute approximate surface area is 173 Å². The molecule has 4 nitrogen and oxygen atoms in total. The highest BCUT2D eigenvalue weighted by Gasteiger charge is 2.42. The quantitative estimate of drug-likeness (QED) is 0.746. The number of nitrogens with one attached hydrogen (secondary N) is 1. The summed E-state index contributed by atoms with van der Waals surface area (Å²) in [5, 5.41) is 3.37. The summed E-state index contributed by atoms with van der Waals surface area (Å²) >= 11 is 6.05. The SMILES string of the molecule is CC1=NC2=C(C(=O)CCC2)[C@@H](c2ccc(Cl)cc2)C1C(=O)Nc1cccc(F)c1. The Balaban J connectivity index is 1.77. The lowest BCUT2D eigenvalue weighted by atomic mass is 9.71. The van der Waals surface area contributed by atoms with Crippen molar-refractivity contribution in [3.8, 4) is 0 Å². The molecule has 29 heavy (non-hydrogen) atoms. The average molecular weight is 411 g/mol. The first-order chi connectivity index (χ1) is 13.9. The minimum Gasteiger partial charge on any atom is -0.325 e. The molecule has 148 valence electrons. The van der Waals surface area contributed by atoms with Gasteiger partial charge in [0.15, 0.2) is 5.78 Å². The molecule has 0 spiro atoms. The number of halogens is 2. The summed E-state index contributed by atoms with van der Waals surface area (Å²) in [5.41, 5.74) is 3.24. The number of carbonyl (C=O) groups is 2. The molecule has 0 aromatic heterocycles. The molecule has 2 aromatic carbocycles. The highest BCUT2D eigenvalue weighted by atomic mass is 35.5. The molecule has 0 fully saturated rings. The molecule has 2 aromatic rings. The molecule has 4 rings (SSSR count). The Morgan fingerprint density at radius 3 is 2.66 bits per heavy atom. The van der Waals surface area contributed by atoms with E-state index in [-0.39, 0.29) is 11.7 Å². The van der Waals surface area contributed by atoms with Crippen LogP contribution in [0.3, 0.4) is 0 Å². The van der Waals surface area contributed by atoms with Crippen LogP contribution in [0.4, 0.5) is 10.1 Å². The van der Waals surface area contributed by atoms with Gasteiger partial charge in [-0.05, 0) is 55.7 Å². The maximum atomic E-state index is 13.5. The largest absolute Gasteiger partial charge is 0.325 e. The Kier molecular flexibility index (Phi) is 5.33. The first kappa shape index (κ1) is 19.5. The van der Waals surface area contributed by atoms with E-state index in [4.69, 9.17) is 11.6 Å². The Morgan fingerprint density at radius 1 is 1.17 bits per heavy atom. The van der Waals surface area contributed by atoms with Gasteiger partial charge in [-0.2, -0.15) is 0 Å². The van der Waals surface area contributed by atoms with Crippen molar-refractivity contribution in [1.29, 1.82) is 0 Å². The number of anilines is 1. The molecule has 6 heteroatoms. The molecular formula is C23H20ClFN2O2. The van der Waals surface area contributed by atoms with Crippen LogP contribution >= 0.6 is 11.6 Å². The molecule has 0 saturated heterocycles. The summed E-state index contributed by atoms with van der Waals surface area (Å²) in [6, 6.07) is 13.0. The van der Waals surface area contributed by atoms with Crippen LogP contribution in [0.5, 0.6) is 0 Å². The molecule has 1 aliphatic carbocycles. The summed E-state index contributed by atoms with van der Waals surface area (Å²) in [5.74, 6) is -1.83. The van der Waals surface area contributed by atoms with Gasteiger partial charge in [-0.1, -0.05) is 29.8 Å². The fourth-order valence-corrected chi connectivity index (χ4v) is 4.29. The van der Waals surface area contributed by atoms with Gasteiger partial charge in [-0.25, -0.2) is 4.39 Å². The number of ketones is 1. The lowest BCUT2D eigenvalue weighted by Gasteiger charge is -2.35. The zero-order chi connectivity index (χ0) is 20.5. The summed E-state index contributed by atoms with van der Waals surface area (Å²) in [6.07, 6.45) is 1.94. The van der Waals surface area contributed by atoms with Crippen molar-refractivity contribution in [3.05, 3.63) is 76.2 Å². The number of rotatable bonds is 3. The van der Waals surface area contributed by atoms with Crippen LogP contribution in [-0.2, 0) is 9.59 Å². The highest BCUT2D eigenvalue weighted by Crippen LogP contribution is 2.43. The third-order valence-electron chi connectivity index (χ3n) is 5.44. The molecule has 2 aliphatic rings. The van der Waals surface area contributed by atoms with Crippen LogP contribution in [0, 0.1) is 11.7 Å². The molecule has 1 heterocycles. The average Bonchev–Trinajstić information content (AvgIpc) is 2.67. The predicted molar refractivity (Wildman–Crippen MR) is 112 cm³/mol. The van der Waals surface area contributed by atoms with E-state index in [1.165, 1.54) is 18.2 Å². The van der Waals surface area contributed by atoms with Gasteiger partial charge < -0.3 is 5.32 Å². The van der Waals surface area contributed by atoms with Gasteiger partial charge in [0.25, 0.3) is 0 Å². The first-order valence-corrected chi connectivity index (χ1v) is 9.95. The summed E-state index contributed by atoms with van der Waals surface area (Å²) in [6.45, 7) is 1.81. The number of hydrogen-bond acceptors (Lipinski definition) is 3. The van der Waals surface area contributed by atoms with E-state index in [0.29, 0.717) is 28.4 Å². The van der Waals surface area contributed by atoms with Crippen molar-refractivity contribution in [2.75, 3.05) is 5.32 Å². The van der Waals surface area contributed by atoms with Gasteiger partial charge in [0.1, 0.15) is 5.82 Å². The van der Waals surface area contributed by atoms with E-state index >= 15 is 0 Å². The number of amides is 1. The third kappa shape index (κ3) is 3.87. The van der Waals surface area contributed by atoms with Crippen LogP contribution < -0.4 is 5.32 Å². The lowest BCUT2D eigenvalue weighted by Crippen LogP contribution is -2.39. The number of hydrogen-bond donors (Lipinski definition) is 1. The van der Waals surface area contributed by atoms with Gasteiger partial charge in [0, 0.05) is 40.0 Å². The molecule has 1 unspecified atom stereocenters. The highest BCUT2D eigenvalue weighted by molar-refractivity contribution is 6.30. The molecule has 0 radical (unpaired) electrons. The summed E-state index contributed by atoms with van der Waals surface area (Å²) in [7, 11) is 0. The zero-order valence-corrected chi connectivity index (χ0v) is 16.7. The Hall–Kier alpha value is -2.79. The summed E-state index contributed by atoms with van der Waals surface area (Å²) < 4.78 is 13.5. The molecule has 0 bridgehead atoms. The van der Waals surface area contributed by atoms with Crippen LogP contribution in [0.1, 0.15) is 37.7 Å². The maximum Gasteiger partial charge on any atom is 0.234 e. The smallest absolute Gasteiger partial charge is 0.234 e. The fraction of sp³-hybridized carbons (Fsp3) is 0.261. The van der Waals surface area contributed by atoms with E-state index < -0.39 is 17.7 Å². The molecule has 1 aliphatic heterocycles. The van der Waals surface area contributed by atoms with E-state index in [9.17, 15) is 14.0 Å². The van der Waals surface area contributed by atoms with Crippen LogP contribution in [0.15, 0.2) is 64.8 Å². The van der Waals surface area contributed by atoms with Crippen molar-refractivity contribution < 1.29 is 14.0 Å². The van der Waals surface area contributed by atoms with E-state index in [1.807, 2.05) is 19.1 Å². The monoisotopic (exact) mass is 410 g/mol. The molecular weight excluding hydrogens is 391 g/mol. The number of nitrogens with zero attached hydrogens (tertiary/aromatic N) is 1. The zero-order valence-electron chi connectivity index (χ0n) is 15.9. The number of carbonyl (C=O) groups excluding carboxylic acids is 2. The van der Waals surface area contributed by atoms with Gasteiger partial charge in [-0.15, -0.1) is 0 Å². The number of aliphatic imine (C=N–C) groups is 1. The standard InChI is InChI=1S/C23H20ClFN2O2/c1-13-20(23(29)27-17-5-2-4-16(25)12-17)21(14-8-10-15(24)11-9-14)22-18(26-13)6-3-7-19(22)28/h2,4-5,8-12,20-21H,3,6-7H2,1H3,(H,27,29)/t20?,21-/m0/s1. The van der Waals surface area contributed by atoms with Crippen molar-refractivity contribution in [3.63, 3.8) is 0 Å².